The van der Waals surface area contributed by atoms with Gasteiger partial charge >= 0.3 is 12.1 Å². The molecular weight excluding hydrogens is 449 g/mol. The quantitative estimate of drug-likeness (QED) is 0.312. The Hall–Kier alpha value is -2.94. The number of hydrogen-bond acceptors (Lipinski definition) is 5. The van der Waals surface area contributed by atoms with Gasteiger partial charge in [0.15, 0.2) is 0 Å². The lowest BCUT2D eigenvalue weighted by Gasteiger charge is -2.21. The van der Waals surface area contributed by atoms with Gasteiger partial charge in [0.1, 0.15) is 17.2 Å². The molecule has 0 aliphatic rings. The summed E-state index contributed by atoms with van der Waals surface area (Å²) in [6.07, 6.45) is -3.45. The molecule has 32 heavy (non-hydrogen) atoms. The minimum atomic E-state index is -4.86. The number of rotatable bonds is 10. The topological polar surface area (TPSA) is 93.9 Å². The number of nitrogens with zero attached hydrogens (tertiary/aromatic N) is 1. The number of phenolic OH excluding ortho intramolecular Hbond substituents is 1. The number of anilines is 1. The number of aromatic carboxylic acids is 1. The molecule has 0 amide bonds. The molecule has 0 unspecified atom stereocenters. The second-order valence-electron chi connectivity index (χ2n) is 7.15. The van der Waals surface area contributed by atoms with Gasteiger partial charge in [0.25, 0.3) is 0 Å². The van der Waals surface area contributed by atoms with Crippen molar-refractivity contribution >= 4 is 29.0 Å². The van der Waals surface area contributed by atoms with Gasteiger partial charge in [-0.15, -0.1) is 0 Å². The van der Waals surface area contributed by atoms with E-state index in [9.17, 15) is 23.1 Å². The lowest BCUT2D eigenvalue weighted by Crippen LogP contribution is -2.23. The van der Waals surface area contributed by atoms with Crippen LogP contribution < -0.4 is 9.64 Å². The number of halogens is 4. The maximum absolute atomic E-state index is 12.9. The van der Waals surface area contributed by atoms with Crippen LogP contribution in [-0.4, -0.2) is 48.3 Å². The lowest BCUT2D eigenvalue weighted by molar-refractivity contribution is -0.0588. The van der Waals surface area contributed by atoms with Crippen LogP contribution in [0.2, 0.25) is 5.02 Å². The first kappa shape index (κ1) is 25.3. The van der Waals surface area contributed by atoms with Gasteiger partial charge in [0.05, 0.1) is 17.2 Å². The van der Waals surface area contributed by atoms with E-state index in [4.69, 9.17) is 26.9 Å². The van der Waals surface area contributed by atoms with E-state index in [1.54, 1.807) is 19.2 Å². The number of alkyl halides is 3. The van der Waals surface area contributed by atoms with Crippen molar-refractivity contribution in [3.8, 4) is 11.5 Å². The predicted octanol–water partition coefficient (Wildman–Crippen LogP) is 5.53. The van der Waals surface area contributed by atoms with Gasteiger partial charge in [-0.2, -0.15) is 13.2 Å². The molecule has 0 atom stereocenters. The van der Waals surface area contributed by atoms with Gasteiger partial charge < -0.3 is 19.8 Å². The molecular formula is C22H24ClF3N2O4. The fourth-order valence-corrected chi connectivity index (χ4v) is 3.38. The molecule has 0 radical (unpaired) electrons. The van der Waals surface area contributed by atoms with Crippen molar-refractivity contribution < 1.29 is 32.9 Å². The average molecular weight is 473 g/mol. The molecule has 0 aliphatic heterocycles. The van der Waals surface area contributed by atoms with Crippen LogP contribution in [0.3, 0.4) is 0 Å². The normalized spacial score (nSPS) is 11.3. The Balaban J connectivity index is 2.04. The zero-order chi connectivity index (χ0) is 24.1. The first-order valence-corrected chi connectivity index (χ1v) is 10.2. The first-order valence-electron chi connectivity index (χ1n) is 9.85. The molecule has 0 saturated carbocycles. The van der Waals surface area contributed by atoms with Crippen molar-refractivity contribution in [2.45, 2.75) is 32.4 Å². The largest absolute Gasteiger partial charge is 0.507 e. The van der Waals surface area contributed by atoms with Crippen molar-refractivity contribution in [3.63, 3.8) is 0 Å². The van der Waals surface area contributed by atoms with E-state index >= 15 is 0 Å². The summed E-state index contributed by atoms with van der Waals surface area (Å²) < 4.78 is 44.3. The molecule has 3 N–H and O–H groups in total. The summed E-state index contributed by atoms with van der Waals surface area (Å²) >= 11 is 5.99. The number of carboxylic acid groups (broad SMARTS) is 1. The molecule has 10 heteroatoms. The van der Waals surface area contributed by atoms with Gasteiger partial charge in [-0.1, -0.05) is 24.9 Å². The molecule has 0 aromatic heterocycles. The third-order valence-corrected chi connectivity index (χ3v) is 5.12. The van der Waals surface area contributed by atoms with Gasteiger partial charge in [0, 0.05) is 30.4 Å². The summed E-state index contributed by atoms with van der Waals surface area (Å²) in [5, 5.41) is 26.8. The highest BCUT2D eigenvalue weighted by molar-refractivity contribution is 6.33. The number of nitrogens with one attached hydrogen (secondary N) is 1. The summed E-state index contributed by atoms with van der Waals surface area (Å²) in [7, 11) is 1.80. The van der Waals surface area contributed by atoms with Crippen LogP contribution in [0.25, 0.3) is 0 Å². The Morgan fingerprint density at radius 1 is 1.22 bits per heavy atom. The van der Waals surface area contributed by atoms with Crippen LogP contribution in [0.15, 0.2) is 30.3 Å². The molecule has 0 heterocycles. The number of aromatic hydroxyl groups is 1. The zero-order valence-electron chi connectivity index (χ0n) is 17.6. The molecule has 0 aliphatic carbocycles. The maximum Gasteiger partial charge on any atom is 0.433 e. The van der Waals surface area contributed by atoms with E-state index in [0.29, 0.717) is 25.8 Å². The molecule has 0 spiro atoms. The second kappa shape index (κ2) is 10.6. The van der Waals surface area contributed by atoms with Crippen LogP contribution in [0.5, 0.6) is 11.5 Å². The van der Waals surface area contributed by atoms with E-state index in [-0.39, 0.29) is 28.5 Å². The van der Waals surface area contributed by atoms with Gasteiger partial charge in [-0.3, -0.25) is 5.41 Å². The van der Waals surface area contributed by atoms with Crippen molar-refractivity contribution in [1.82, 2.24) is 0 Å². The van der Waals surface area contributed by atoms with Crippen LogP contribution >= 0.6 is 11.6 Å². The third kappa shape index (κ3) is 6.06. The van der Waals surface area contributed by atoms with Crippen LogP contribution in [0.4, 0.5) is 18.9 Å². The highest BCUT2D eigenvalue weighted by Gasteiger charge is 2.37. The Morgan fingerprint density at radius 3 is 2.44 bits per heavy atom. The fourth-order valence-electron chi connectivity index (χ4n) is 3.13. The monoisotopic (exact) mass is 472 g/mol. The second-order valence-corrected chi connectivity index (χ2v) is 7.56. The van der Waals surface area contributed by atoms with Crippen LogP contribution in [0, 0.1) is 5.41 Å². The Morgan fingerprint density at radius 2 is 1.88 bits per heavy atom. The van der Waals surface area contributed by atoms with E-state index in [1.807, 2.05) is 11.8 Å². The van der Waals surface area contributed by atoms with Crippen LogP contribution in [-0.2, 0) is 6.42 Å². The first-order chi connectivity index (χ1) is 15.0. The van der Waals surface area contributed by atoms with Crippen molar-refractivity contribution in [3.05, 3.63) is 52.0 Å². The zero-order valence-corrected chi connectivity index (χ0v) is 18.3. The number of benzene rings is 2. The summed E-state index contributed by atoms with van der Waals surface area (Å²) in [4.78, 5) is 12.9. The number of ether oxygens (including phenoxy) is 1. The summed E-state index contributed by atoms with van der Waals surface area (Å²) in [6.45, 7) is 2.59. The van der Waals surface area contributed by atoms with Gasteiger partial charge in [0.2, 0.25) is 0 Å². The van der Waals surface area contributed by atoms with Crippen molar-refractivity contribution in [2.24, 2.45) is 0 Å². The highest BCUT2D eigenvalue weighted by Crippen LogP contribution is 2.36. The summed E-state index contributed by atoms with van der Waals surface area (Å²) in [5.74, 6) is -1.42. The summed E-state index contributed by atoms with van der Waals surface area (Å²) in [5.41, 5.74) is -1.21. The van der Waals surface area contributed by atoms with E-state index < -0.39 is 29.2 Å². The lowest BCUT2D eigenvalue weighted by atomic mass is 10.00. The van der Waals surface area contributed by atoms with E-state index in [2.05, 4.69) is 0 Å². The molecule has 0 fully saturated rings. The van der Waals surface area contributed by atoms with Crippen LogP contribution in [0.1, 0.15) is 41.3 Å². The molecule has 174 valence electrons. The maximum atomic E-state index is 12.9. The smallest absolute Gasteiger partial charge is 0.433 e. The predicted molar refractivity (Wildman–Crippen MR) is 117 cm³/mol. The number of phenols is 1. The molecule has 0 bridgehead atoms. The average Bonchev–Trinajstić information content (AvgIpc) is 2.71. The molecule has 6 nitrogen and oxygen atoms in total. The van der Waals surface area contributed by atoms with E-state index in [1.165, 1.54) is 12.1 Å². The standard InChI is InChI=1S/C22H24ClF3N2O4/c1-3-5-15-18(9-8-16(19(15)29)20(27)22(24,25)26)32-11-4-10-28(2)13-6-7-14(21(30)31)17(23)12-13/h6-9,12,27,29H,3-5,10-11H2,1-2H3,(H,30,31). The third-order valence-electron chi connectivity index (χ3n) is 4.81. The van der Waals surface area contributed by atoms with E-state index in [0.717, 1.165) is 11.8 Å². The molecule has 2 rings (SSSR count). The molecule has 2 aromatic rings. The van der Waals surface area contributed by atoms with Crippen molar-refractivity contribution in [1.29, 1.82) is 5.41 Å². The van der Waals surface area contributed by atoms with Gasteiger partial charge in [-0.05, 0) is 43.2 Å². The minimum absolute atomic E-state index is 0.0115. The Bertz CT molecular complexity index is 996. The molecule has 2 aromatic carbocycles. The minimum Gasteiger partial charge on any atom is -0.507 e. The number of carbonyl (C=O) groups is 1. The SMILES string of the molecule is CCCc1c(OCCCN(C)c2ccc(C(=O)O)c(Cl)c2)ccc(C(=N)C(F)(F)F)c1O. The fraction of sp³-hybridized carbons (Fsp3) is 0.364. The van der Waals surface area contributed by atoms with Gasteiger partial charge in [-0.25, -0.2) is 4.79 Å². The number of carboxylic acids is 1. The summed E-state index contributed by atoms with van der Waals surface area (Å²) in [6, 6.07) is 7.00. The van der Waals surface area contributed by atoms with Crippen molar-refractivity contribution in [2.75, 3.05) is 25.1 Å². The Labute approximate surface area is 188 Å². The Kier molecular flexibility index (Phi) is 8.38. The molecule has 0 saturated heterocycles. The highest BCUT2D eigenvalue weighted by atomic mass is 35.5. The number of hydrogen-bond donors (Lipinski definition) is 3.